The number of para-hydroxylation sites is 1. The lowest BCUT2D eigenvalue weighted by Crippen LogP contribution is -2.42. The van der Waals surface area contributed by atoms with Gasteiger partial charge in [-0.15, -0.1) is 0 Å². The van der Waals surface area contributed by atoms with Crippen LogP contribution in [-0.2, 0) is 4.79 Å². The molecule has 1 unspecified atom stereocenters. The fraction of sp³-hybridized carbons (Fsp3) is 0.348. The average molecular weight is 426 g/mol. The highest BCUT2D eigenvalue weighted by atomic mass is 32.2. The number of amides is 1. The number of aromatic nitrogens is 2. The summed E-state index contributed by atoms with van der Waals surface area (Å²) in [4.78, 5) is 32.8. The number of carbonyl (C=O) groups is 1. The van der Waals surface area contributed by atoms with E-state index < -0.39 is 5.25 Å². The van der Waals surface area contributed by atoms with Crippen molar-refractivity contribution in [3.05, 3.63) is 64.7 Å². The van der Waals surface area contributed by atoms with E-state index in [4.69, 9.17) is 0 Å². The first kappa shape index (κ1) is 20.6. The highest BCUT2D eigenvalue weighted by Gasteiger charge is 2.27. The minimum atomic E-state index is -0.391. The van der Waals surface area contributed by atoms with Crippen LogP contribution in [0, 0.1) is 11.7 Å². The van der Waals surface area contributed by atoms with Gasteiger partial charge in [0.2, 0.25) is 5.91 Å². The van der Waals surface area contributed by atoms with E-state index in [1.165, 1.54) is 28.5 Å². The molecule has 1 aliphatic heterocycles. The third-order valence-corrected chi connectivity index (χ3v) is 6.59. The number of hydrogen-bond acceptors (Lipinski definition) is 4. The lowest BCUT2D eigenvalue weighted by atomic mass is 9.99. The maximum Gasteiger partial charge on any atom is 0.266 e. The Balaban J connectivity index is 1.72. The van der Waals surface area contributed by atoms with Gasteiger partial charge in [-0.3, -0.25) is 14.2 Å². The van der Waals surface area contributed by atoms with E-state index in [2.05, 4.69) is 11.9 Å². The second-order valence-corrected chi connectivity index (χ2v) is 9.10. The number of fused-ring (bicyclic) bond motifs is 1. The molecule has 2 heterocycles. The number of benzene rings is 2. The second-order valence-electron chi connectivity index (χ2n) is 7.80. The van der Waals surface area contributed by atoms with Gasteiger partial charge in [0.05, 0.1) is 21.8 Å². The normalized spacial score (nSPS) is 16.0. The van der Waals surface area contributed by atoms with Crippen LogP contribution in [-0.4, -0.2) is 38.7 Å². The van der Waals surface area contributed by atoms with Crippen molar-refractivity contribution < 1.29 is 9.18 Å². The summed E-state index contributed by atoms with van der Waals surface area (Å²) in [5.74, 6) is 0.320. The van der Waals surface area contributed by atoms with Crippen molar-refractivity contribution in [3.8, 4) is 5.69 Å². The number of carbonyl (C=O) groups excluding carboxylic acids is 1. The van der Waals surface area contributed by atoms with Crippen molar-refractivity contribution in [2.75, 3.05) is 13.1 Å². The molecule has 1 atom stereocenters. The van der Waals surface area contributed by atoms with Crippen molar-refractivity contribution in [1.82, 2.24) is 14.5 Å². The minimum Gasteiger partial charge on any atom is -0.342 e. The zero-order chi connectivity index (χ0) is 21.3. The van der Waals surface area contributed by atoms with Crippen molar-refractivity contribution >= 4 is 28.6 Å². The standard InChI is InChI=1S/C23H24FN3O2S/c1-15-11-13-26(14-12-15)21(28)16(2)30-23-25-20-6-4-3-5-19(20)22(29)27(23)18-9-7-17(24)8-10-18/h3-10,15-16H,11-14H2,1-2H3. The number of halogens is 1. The van der Waals surface area contributed by atoms with Crippen LogP contribution >= 0.6 is 11.8 Å². The number of nitrogens with zero attached hydrogens (tertiary/aromatic N) is 3. The van der Waals surface area contributed by atoms with Gasteiger partial charge in [0, 0.05) is 13.1 Å². The van der Waals surface area contributed by atoms with Crippen molar-refractivity contribution in [2.24, 2.45) is 5.92 Å². The van der Waals surface area contributed by atoms with Gasteiger partial charge < -0.3 is 4.90 Å². The Labute approximate surface area is 178 Å². The van der Waals surface area contributed by atoms with Crippen LogP contribution in [0.15, 0.2) is 58.5 Å². The van der Waals surface area contributed by atoms with Gasteiger partial charge in [0.25, 0.3) is 5.56 Å². The van der Waals surface area contributed by atoms with Gasteiger partial charge in [-0.25, -0.2) is 9.37 Å². The number of piperidine rings is 1. The number of rotatable bonds is 4. The molecule has 5 nitrogen and oxygen atoms in total. The molecule has 7 heteroatoms. The zero-order valence-corrected chi connectivity index (χ0v) is 17.9. The second kappa shape index (κ2) is 8.60. The summed E-state index contributed by atoms with van der Waals surface area (Å²) in [6.45, 7) is 5.59. The average Bonchev–Trinajstić information content (AvgIpc) is 2.75. The van der Waals surface area contributed by atoms with E-state index in [-0.39, 0.29) is 17.3 Å². The molecule has 3 aromatic rings. The lowest BCUT2D eigenvalue weighted by molar-refractivity contribution is -0.131. The highest BCUT2D eigenvalue weighted by Crippen LogP contribution is 2.27. The topological polar surface area (TPSA) is 55.2 Å². The van der Waals surface area contributed by atoms with Crippen LogP contribution in [0.5, 0.6) is 0 Å². The van der Waals surface area contributed by atoms with Gasteiger partial charge >= 0.3 is 0 Å². The Morgan fingerprint density at radius 3 is 2.50 bits per heavy atom. The number of likely N-dealkylation sites (tertiary alicyclic amines) is 1. The maximum absolute atomic E-state index is 13.4. The van der Waals surface area contributed by atoms with Crippen LogP contribution in [0.3, 0.4) is 0 Å². The van der Waals surface area contributed by atoms with Crippen molar-refractivity contribution in [1.29, 1.82) is 0 Å². The van der Waals surface area contributed by atoms with E-state index in [9.17, 15) is 14.0 Å². The molecule has 0 radical (unpaired) electrons. The van der Waals surface area contributed by atoms with Crippen LogP contribution in [0.2, 0.25) is 0 Å². The van der Waals surface area contributed by atoms with Gasteiger partial charge in [-0.05, 0) is 62.1 Å². The molecule has 0 bridgehead atoms. The molecule has 156 valence electrons. The van der Waals surface area contributed by atoms with E-state index in [1.54, 1.807) is 30.3 Å². The Morgan fingerprint density at radius 1 is 1.13 bits per heavy atom. The third-order valence-electron chi connectivity index (χ3n) is 5.56. The van der Waals surface area contributed by atoms with Crippen LogP contribution in [0.4, 0.5) is 4.39 Å². The smallest absolute Gasteiger partial charge is 0.266 e. The maximum atomic E-state index is 13.4. The summed E-state index contributed by atoms with van der Waals surface area (Å²) in [6.07, 6.45) is 2.02. The monoisotopic (exact) mass is 425 g/mol. The fourth-order valence-electron chi connectivity index (χ4n) is 3.70. The first-order valence-electron chi connectivity index (χ1n) is 10.2. The Kier molecular flexibility index (Phi) is 5.90. The summed E-state index contributed by atoms with van der Waals surface area (Å²) < 4.78 is 14.9. The quantitative estimate of drug-likeness (QED) is 0.463. The van der Waals surface area contributed by atoms with E-state index in [0.29, 0.717) is 27.7 Å². The van der Waals surface area contributed by atoms with Crippen LogP contribution < -0.4 is 5.56 Å². The Bertz CT molecular complexity index is 1120. The zero-order valence-electron chi connectivity index (χ0n) is 17.0. The lowest BCUT2D eigenvalue weighted by Gasteiger charge is -2.32. The molecular formula is C23H24FN3O2S. The number of hydrogen-bond donors (Lipinski definition) is 0. The highest BCUT2D eigenvalue weighted by molar-refractivity contribution is 8.00. The molecule has 0 saturated carbocycles. The Hall–Kier alpha value is -2.67. The third kappa shape index (κ3) is 4.12. The molecule has 4 rings (SSSR count). The Morgan fingerprint density at radius 2 is 1.80 bits per heavy atom. The molecule has 1 aromatic heterocycles. The van der Waals surface area contributed by atoms with Crippen LogP contribution in [0.25, 0.3) is 16.6 Å². The summed E-state index contributed by atoms with van der Waals surface area (Å²) in [5, 5.41) is 0.518. The predicted octanol–water partition coefficient (Wildman–Crippen LogP) is 4.26. The minimum absolute atomic E-state index is 0.0555. The largest absolute Gasteiger partial charge is 0.342 e. The molecular weight excluding hydrogens is 401 g/mol. The molecule has 0 N–H and O–H groups in total. The van der Waals surface area contributed by atoms with Gasteiger partial charge in [-0.1, -0.05) is 30.8 Å². The van der Waals surface area contributed by atoms with E-state index in [1.807, 2.05) is 17.9 Å². The molecule has 1 saturated heterocycles. The summed E-state index contributed by atoms with van der Waals surface area (Å²) in [6, 6.07) is 12.9. The fourth-order valence-corrected chi connectivity index (χ4v) is 4.71. The molecule has 0 spiro atoms. The molecule has 2 aromatic carbocycles. The van der Waals surface area contributed by atoms with E-state index >= 15 is 0 Å². The first-order chi connectivity index (χ1) is 14.4. The van der Waals surface area contributed by atoms with Gasteiger partial charge in [0.1, 0.15) is 5.82 Å². The summed E-state index contributed by atoms with van der Waals surface area (Å²) in [5.41, 5.74) is 0.865. The van der Waals surface area contributed by atoms with Crippen molar-refractivity contribution in [2.45, 2.75) is 37.1 Å². The number of thioether (sulfide) groups is 1. The van der Waals surface area contributed by atoms with Gasteiger partial charge in [-0.2, -0.15) is 0 Å². The van der Waals surface area contributed by atoms with Crippen LogP contribution in [0.1, 0.15) is 26.7 Å². The molecule has 1 fully saturated rings. The molecule has 30 heavy (non-hydrogen) atoms. The molecule has 1 aliphatic rings. The molecule has 0 aliphatic carbocycles. The van der Waals surface area contributed by atoms with Gasteiger partial charge in [0.15, 0.2) is 5.16 Å². The first-order valence-corrected chi connectivity index (χ1v) is 11.0. The summed E-state index contributed by atoms with van der Waals surface area (Å²) in [7, 11) is 0. The SMILES string of the molecule is CC1CCN(C(=O)C(C)Sc2nc3ccccc3c(=O)n2-c2ccc(F)cc2)CC1. The van der Waals surface area contributed by atoms with Crippen molar-refractivity contribution in [3.63, 3.8) is 0 Å². The molecule has 1 amide bonds. The summed E-state index contributed by atoms with van der Waals surface area (Å²) >= 11 is 1.27. The predicted molar refractivity (Wildman–Crippen MR) is 118 cm³/mol. The van der Waals surface area contributed by atoms with E-state index in [0.717, 1.165) is 25.9 Å².